The molecule has 2 aromatic carbocycles. The monoisotopic (exact) mass is 377 g/mol. The number of hydrogen-bond donors (Lipinski definition) is 1. The van der Waals surface area contributed by atoms with Crippen LogP contribution in [0.4, 0.5) is 5.69 Å². The Labute approximate surface area is 164 Å². The van der Waals surface area contributed by atoms with E-state index in [1.54, 1.807) is 6.92 Å². The van der Waals surface area contributed by atoms with Gasteiger partial charge < -0.3 is 14.4 Å². The predicted octanol–water partition coefficient (Wildman–Crippen LogP) is 3.76. The summed E-state index contributed by atoms with van der Waals surface area (Å²) >= 11 is 0. The summed E-state index contributed by atoms with van der Waals surface area (Å²) in [6, 6.07) is 18.0. The Morgan fingerprint density at radius 3 is 2.61 bits per heavy atom. The van der Waals surface area contributed by atoms with Crippen LogP contribution in [-0.4, -0.2) is 49.1 Å². The quantitative estimate of drug-likeness (QED) is 0.686. The molecule has 0 atom stereocenters. The van der Waals surface area contributed by atoms with Gasteiger partial charge >= 0.3 is 5.97 Å². The van der Waals surface area contributed by atoms with Crippen molar-refractivity contribution in [3.8, 4) is 22.4 Å². The molecule has 0 aliphatic carbocycles. The van der Waals surface area contributed by atoms with Crippen LogP contribution < -0.4 is 4.90 Å². The Bertz CT molecular complexity index is 947. The number of carbonyl (C=O) groups excluding carboxylic acids is 1. The third kappa shape index (κ3) is 3.64. The van der Waals surface area contributed by atoms with Gasteiger partial charge in [0.2, 0.25) is 0 Å². The van der Waals surface area contributed by atoms with Crippen LogP contribution >= 0.6 is 0 Å². The minimum absolute atomic E-state index is 0.313. The number of morpholine rings is 1. The first-order valence-corrected chi connectivity index (χ1v) is 9.52. The van der Waals surface area contributed by atoms with Gasteiger partial charge in [0.1, 0.15) is 5.69 Å². The molecule has 1 N–H and O–H groups in total. The Kier molecular flexibility index (Phi) is 5.39. The zero-order valence-electron chi connectivity index (χ0n) is 15.9. The number of aromatic amines is 1. The Hall–Kier alpha value is -3.12. The summed E-state index contributed by atoms with van der Waals surface area (Å²) in [7, 11) is 0. The number of carbonyl (C=O) groups is 1. The normalized spacial score (nSPS) is 14.1. The van der Waals surface area contributed by atoms with E-state index < -0.39 is 5.97 Å². The Morgan fingerprint density at radius 2 is 1.86 bits per heavy atom. The summed E-state index contributed by atoms with van der Waals surface area (Å²) < 4.78 is 10.7. The molecule has 1 saturated heterocycles. The molecular weight excluding hydrogens is 354 g/mol. The fourth-order valence-corrected chi connectivity index (χ4v) is 3.46. The molecule has 0 amide bonds. The number of rotatable bonds is 5. The zero-order chi connectivity index (χ0) is 19.3. The van der Waals surface area contributed by atoms with Gasteiger partial charge in [-0.3, -0.25) is 5.10 Å². The van der Waals surface area contributed by atoms with E-state index in [0.717, 1.165) is 54.4 Å². The van der Waals surface area contributed by atoms with E-state index in [4.69, 9.17) is 9.47 Å². The van der Waals surface area contributed by atoms with Crippen molar-refractivity contribution < 1.29 is 14.3 Å². The minimum atomic E-state index is -0.399. The van der Waals surface area contributed by atoms with Gasteiger partial charge in [0.05, 0.1) is 19.8 Å². The van der Waals surface area contributed by atoms with E-state index in [9.17, 15) is 4.79 Å². The molecule has 1 aliphatic heterocycles. The van der Waals surface area contributed by atoms with Crippen LogP contribution in [-0.2, 0) is 9.47 Å². The van der Waals surface area contributed by atoms with Gasteiger partial charge in [-0.15, -0.1) is 0 Å². The molecule has 144 valence electrons. The lowest BCUT2D eigenvalue weighted by Gasteiger charge is -2.29. The largest absolute Gasteiger partial charge is 0.461 e. The highest BCUT2D eigenvalue weighted by Crippen LogP contribution is 2.35. The predicted molar refractivity (Wildman–Crippen MR) is 108 cm³/mol. The van der Waals surface area contributed by atoms with Gasteiger partial charge in [0.15, 0.2) is 5.69 Å². The number of nitrogens with one attached hydrogen (secondary N) is 1. The standard InChI is InChI=1S/C22H23N3O3/c1-2-28-22(26)21-19(16-7-4-3-5-8-16)20(23-24-21)17-9-6-10-18(15-17)25-11-13-27-14-12-25/h3-10,15H,2,11-14H2,1H3,(H,23,24). The van der Waals surface area contributed by atoms with E-state index in [-0.39, 0.29) is 0 Å². The molecule has 6 nitrogen and oxygen atoms in total. The maximum absolute atomic E-state index is 12.5. The summed E-state index contributed by atoms with van der Waals surface area (Å²) in [6.07, 6.45) is 0. The van der Waals surface area contributed by atoms with Crippen LogP contribution in [0.15, 0.2) is 54.6 Å². The van der Waals surface area contributed by atoms with E-state index in [2.05, 4.69) is 27.2 Å². The molecule has 1 fully saturated rings. The molecule has 0 radical (unpaired) electrons. The molecule has 4 rings (SSSR count). The molecule has 6 heteroatoms. The Morgan fingerprint density at radius 1 is 1.11 bits per heavy atom. The summed E-state index contributed by atoms with van der Waals surface area (Å²) in [4.78, 5) is 14.8. The van der Waals surface area contributed by atoms with Gasteiger partial charge in [-0.2, -0.15) is 5.10 Å². The van der Waals surface area contributed by atoms with Crippen LogP contribution in [0.2, 0.25) is 0 Å². The van der Waals surface area contributed by atoms with Crippen LogP contribution in [0.1, 0.15) is 17.4 Å². The highest BCUT2D eigenvalue weighted by Gasteiger charge is 2.23. The maximum atomic E-state index is 12.5. The molecule has 1 aromatic heterocycles. The number of ether oxygens (including phenoxy) is 2. The number of aromatic nitrogens is 2. The first-order chi connectivity index (χ1) is 13.8. The van der Waals surface area contributed by atoms with Crippen molar-refractivity contribution in [1.82, 2.24) is 10.2 Å². The average molecular weight is 377 g/mol. The summed E-state index contributed by atoms with van der Waals surface area (Å²) in [6.45, 7) is 5.30. The highest BCUT2D eigenvalue weighted by atomic mass is 16.5. The minimum Gasteiger partial charge on any atom is -0.461 e. The smallest absolute Gasteiger partial charge is 0.357 e. The second-order valence-electron chi connectivity index (χ2n) is 6.56. The zero-order valence-corrected chi connectivity index (χ0v) is 15.9. The lowest BCUT2D eigenvalue weighted by atomic mass is 9.98. The van der Waals surface area contributed by atoms with Crippen molar-refractivity contribution in [2.24, 2.45) is 0 Å². The van der Waals surface area contributed by atoms with Crippen LogP contribution in [0.25, 0.3) is 22.4 Å². The van der Waals surface area contributed by atoms with Gasteiger partial charge in [-0.1, -0.05) is 42.5 Å². The van der Waals surface area contributed by atoms with E-state index in [0.29, 0.717) is 12.3 Å². The third-order valence-corrected chi connectivity index (χ3v) is 4.80. The van der Waals surface area contributed by atoms with Crippen LogP contribution in [0, 0.1) is 0 Å². The topological polar surface area (TPSA) is 67.5 Å². The first kappa shape index (κ1) is 18.3. The number of hydrogen-bond acceptors (Lipinski definition) is 5. The number of benzene rings is 2. The van der Waals surface area contributed by atoms with Crippen LogP contribution in [0.3, 0.4) is 0 Å². The van der Waals surface area contributed by atoms with E-state index in [1.807, 2.05) is 42.5 Å². The van der Waals surface area contributed by atoms with Crippen molar-refractivity contribution in [1.29, 1.82) is 0 Å². The van der Waals surface area contributed by atoms with Crippen molar-refractivity contribution in [3.05, 3.63) is 60.3 Å². The second kappa shape index (κ2) is 8.27. The van der Waals surface area contributed by atoms with Crippen LogP contribution in [0.5, 0.6) is 0 Å². The van der Waals surface area contributed by atoms with E-state index >= 15 is 0 Å². The molecule has 1 aliphatic rings. The average Bonchev–Trinajstić information content (AvgIpc) is 3.21. The lowest BCUT2D eigenvalue weighted by Crippen LogP contribution is -2.36. The molecule has 0 unspecified atom stereocenters. The molecule has 2 heterocycles. The molecular formula is C22H23N3O3. The fraction of sp³-hybridized carbons (Fsp3) is 0.273. The number of H-pyrrole nitrogens is 1. The van der Waals surface area contributed by atoms with Gasteiger partial charge in [0, 0.05) is 29.9 Å². The summed E-state index contributed by atoms with van der Waals surface area (Å²) in [5.74, 6) is -0.399. The van der Waals surface area contributed by atoms with Gasteiger partial charge in [0.25, 0.3) is 0 Å². The molecule has 0 spiro atoms. The maximum Gasteiger partial charge on any atom is 0.357 e. The lowest BCUT2D eigenvalue weighted by molar-refractivity contribution is 0.0520. The number of nitrogens with zero attached hydrogens (tertiary/aromatic N) is 2. The van der Waals surface area contributed by atoms with Crippen molar-refractivity contribution in [2.45, 2.75) is 6.92 Å². The SMILES string of the molecule is CCOC(=O)c1[nH]nc(-c2cccc(N3CCOCC3)c2)c1-c1ccccc1. The molecule has 0 saturated carbocycles. The van der Waals surface area contributed by atoms with Crippen molar-refractivity contribution in [3.63, 3.8) is 0 Å². The van der Waals surface area contributed by atoms with Gasteiger partial charge in [-0.25, -0.2) is 4.79 Å². The van der Waals surface area contributed by atoms with Gasteiger partial charge in [-0.05, 0) is 24.6 Å². The Balaban J connectivity index is 1.78. The number of anilines is 1. The third-order valence-electron chi connectivity index (χ3n) is 4.80. The molecule has 3 aromatic rings. The van der Waals surface area contributed by atoms with Crippen molar-refractivity contribution >= 4 is 11.7 Å². The highest BCUT2D eigenvalue weighted by molar-refractivity contribution is 6.00. The summed E-state index contributed by atoms with van der Waals surface area (Å²) in [5, 5.41) is 7.38. The van der Waals surface area contributed by atoms with E-state index in [1.165, 1.54) is 0 Å². The first-order valence-electron chi connectivity index (χ1n) is 9.52. The number of esters is 1. The van der Waals surface area contributed by atoms with Crippen molar-refractivity contribution in [2.75, 3.05) is 37.8 Å². The fourth-order valence-electron chi connectivity index (χ4n) is 3.46. The second-order valence-corrected chi connectivity index (χ2v) is 6.56. The molecule has 28 heavy (non-hydrogen) atoms. The molecule has 0 bridgehead atoms. The summed E-state index contributed by atoms with van der Waals surface area (Å²) in [5.41, 5.74) is 4.88.